The number of ether oxygens (including phenoxy) is 1. The number of esters is 1. The Kier molecular flexibility index (Phi) is 3.94. The Balaban J connectivity index is 2.12. The van der Waals surface area contributed by atoms with Crippen molar-refractivity contribution < 1.29 is 9.53 Å². The molecule has 4 nitrogen and oxygen atoms in total. The minimum Gasteiger partial charge on any atom is -0.465 e. The molecular weight excluding hydrogens is 248 g/mol. The third-order valence-electron chi connectivity index (χ3n) is 2.59. The standard InChI is InChI=1S/C13H14N2O2S/c1-9(11-4-6-18-8-11)15-12-7-10(3-5-14-12)13(16)17-2/h3-9H,1-2H3,(H,14,15). The normalized spacial score (nSPS) is 11.9. The van der Waals surface area contributed by atoms with Crippen molar-refractivity contribution in [3.05, 3.63) is 46.3 Å². The van der Waals surface area contributed by atoms with Crippen molar-refractivity contribution in [2.45, 2.75) is 13.0 Å². The van der Waals surface area contributed by atoms with E-state index in [1.165, 1.54) is 12.7 Å². The summed E-state index contributed by atoms with van der Waals surface area (Å²) in [6.07, 6.45) is 1.59. The van der Waals surface area contributed by atoms with Gasteiger partial charge in [0.25, 0.3) is 0 Å². The molecule has 0 fully saturated rings. The SMILES string of the molecule is COC(=O)c1ccnc(NC(C)c2ccsc2)c1. The molecule has 0 saturated carbocycles. The highest BCUT2D eigenvalue weighted by molar-refractivity contribution is 7.07. The molecule has 2 aromatic heterocycles. The van der Waals surface area contributed by atoms with Gasteiger partial charge in [-0.15, -0.1) is 0 Å². The van der Waals surface area contributed by atoms with Gasteiger partial charge in [0.1, 0.15) is 5.82 Å². The van der Waals surface area contributed by atoms with Gasteiger partial charge in [-0.25, -0.2) is 9.78 Å². The number of nitrogens with zero attached hydrogens (tertiary/aromatic N) is 1. The fraction of sp³-hybridized carbons (Fsp3) is 0.231. The lowest BCUT2D eigenvalue weighted by molar-refractivity contribution is 0.0600. The monoisotopic (exact) mass is 262 g/mol. The Morgan fingerprint density at radius 2 is 2.33 bits per heavy atom. The largest absolute Gasteiger partial charge is 0.465 e. The van der Waals surface area contributed by atoms with E-state index in [0.717, 1.165) is 0 Å². The first-order valence-electron chi connectivity index (χ1n) is 5.53. The van der Waals surface area contributed by atoms with E-state index in [-0.39, 0.29) is 12.0 Å². The van der Waals surface area contributed by atoms with Gasteiger partial charge in [0.15, 0.2) is 0 Å². The van der Waals surface area contributed by atoms with E-state index in [1.54, 1.807) is 29.7 Å². The van der Waals surface area contributed by atoms with Crippen molar-refractivity contribution in [1.29, 1.82) is 0 Å². The van der Waals surface area contributed by atoms with E-state index in [0.29, 0.717) is 11.4 Å². The highest BCUT2D eigenvalue weighted by Gasteiger charge is 2.09. The number of anilines is 1. The maximum atomic E-state index is 11.4. The van der Waals surface area contributed by atoms with Crippen LogP contribution in [0.1, 0.15) is 28.9 Å². The highest BCUT2D eigenvalue weighted by atomic mass is 32.1. The van der Waals surface area contributed by atoms with Gasteiger partial charge >= 0.3 is 5.97 Å². The molecule has 2 aromatic rings. The van der Waals surface area contributed by atoms with E-state index in [2.05, 4.69) is 33.4 Å². The van der Waals surface area contributed by atoms with Crippen molar-refractivity contribution >= 4 is 23.1 Å². The summed E-state index contributed by atoms with van der Waals surface area (Å²) in [5.74, 6) is 0.306. The Morgan fingerprint density at radius 1 is 1.50 bits per heavy atom. The van der Waals surface area contributed by atoms with Crippen LogP contribution >= 0.6 is 11.3 Å². The van der Waals surface area contributed by atoms with Crippen LogP contribution in [0, 0.1) is 0 Å². The summed E-state index contributed by atoms with van der Waals surface area (Å²) in [5.41, 5.74) is 1.69. The lowest BCUT2D eigenvalue weighted by atomic mass is 10.2. The smallest absolute Gasteiger partial charge is 0.338 e. The number of methoxy groups -OCH3 is 1. The van der Waals surface area contributed by atoms with Crippen LogP contribution in [0.2, 0.25) is 0 Å². The first kappa shape index (κ1) is 12.6. The van der Waals surface area contributed by atoms with Gasteiger partial charge in [0.2, 0.25) is 0 Å². The number of hydrogen-bond acceptors (Lipinski definition) is 5. The zero-order valence-electron chi connectivity index (χ0n) is 10.2. The van der Waals surface area contributed by atoms with Crippen LogP contribution < -0.4 is 5.32 Å². The Hall–Kier alpha value is -1.88. The van der Waals surface area contributed by atoms with Crippen LogP contribution in [0.25, 0.3) is 0 Å². The number of carbonyl (C=O) groups excluding carboxylic acids is 1. The van der Waals surface area contributed by atoms with Gasteiger partial charge in [-0.3, -0.25) is 0 Å². The summed E-state index contributed by atoms with van der Waals surface area (Å²) < 4.78 is 4.68. The molecule has 1 N–H and O–H groups in total. The topological polar surface area (TPSA) is 51.2 Å². The van der Waals surface area contributed by atoms with E-state index in [1.807, 2.05) is 5.38 Å². The molecule has 0 aliphatic rings. The molecule has 0 bridgehead atoms. The molecule has 0 aromatic carbocycles. The summed E-state index contributed by atoms with van der Waals surface area (Å²) >= 11 is 1.66. The molecule has 0 radical (unpaired) electrons. The number of aromatic nitrogens is 1. The van der Waals surface area contributed by atoms with Gasteiger partial charge in [-0.2, -0.15) is 11.3 Å². The predicted molar refractivity (Wildman–Crippen MR) is 71.9 cm³/mol. The average molecular weight is 262 g/mol. The zero-order chi connectivity index (χ0) is 13.0. The number of rotatable bonds is 4. The van der Waals surface area contributed by atoms with Gasteiger partial charge in [0.05, 0.1) is 18.7 Å². The molecule has 2 heterocycles. The van der Waals surface area contributed by atoms with Crippen molar-refractivity contribution in [1.82, 2.24) is 4.98 Å². The van der Waals surface area contributed by atoms with Crippen molar-refractivity contribution in [2.75, 3.05) is 12.4 Å². The van der Waals surface area contributed by atoms with Crippen LogP contribution in [0.3, 0.4) is 0 Å². The van der Waals surface area contributed by atoms with E-state index < -0.39 is 0 Å². The summed E-state index contributed by atoms with van der Waals surface area (Å²) in [6, 6.07) is 5.53. The molecule has 5 heteroatoms. The van der Waals surface area contributed by atoms with Crippen LogP contribution in [0.4, 0.5) is 5.82 Å². The van der Waals surface area contributed by atoms with Crippen LogP contribution in [-0.4, -0.2) is 18.1 Å². The Bertz CT molecular complexity index is 526. The second-order valence-corrected chi connectivity index (χ2v) is 4.62. The molecule has 0 spiro atoms. The zero-order valence-corrected chi connectivity index (χ0v) is 11.0. The second-order valence-electron chi connectivity index (χ2n) is 3.84. The summed E-state index contributed by atoms with van der Waals surface area (Å²) in [6.45, 7) is 2.05. The number of carbonyl (C=O) groups is 1. The molecule has 94 valence electrons. The molecule has 0 aliphatic heterocycles. The number of nitrogens with one attached hydrogen (secondary N) is 1. The molecule has 0 aliphatic carbocycles. The highest BCUT2D eigenvalue weighted by Crippen LogP contribution is 2.20. The molecule has 1 unspecified atom stereocenters. The third-order valence-corrected chi connectivity index (χ3v) is 3.29. The minimum absolute atomic E-state index is 0.150. The van der Waals surface area contributed by atoms with Gasteiger partial charge in [-0.05, 0) is 41.4 Å². The number of thiophene rings is 1. The maximum absolute atomic E-state index is 11.4. The second kappa shape index (κ2) is 5.64. The fourth-order valence-electron chi connectivity index (χ4n) is 1.58. The summed E-state index contributed by atoms with van der Waals surface area (Å²) in [5, 5.41) is 7.37. The van der Waals surface area contributed by atoms with Gasteiger partial charge in [0, 0.05) is 6.20 Å². The molecule has 18 heavy (non-hydrogen) atoms. The quantitative estimate of drug-likeness (QED) is 0.860. The first-order valence-corrected chi connectivity index (χ1v) is 6.48. The Morgan fingerprint density at radius 3 is 3.00 bits per heavy atom. The lowest BCUT2D eigenvalue weighted by Crippen LogP contribution is -2.08. The molecule has 2 rings (SSSR count). The van der Waals surface area contributed by atoms with E-state index in [4.69, 9.17) is 0 Å². The molecular formula is C13H14N2O2S. The van der Waals surface area contributed by atoms with Crippen LogP contribution in [-0.2, 0) is 4.74 Å². The number of hydrogen-bond donors (Lipinski definition) is 1. The number of pyridine rings is 1. The third kappa shape index (κ3) is 2.87. The van der Waals surface area contributed by atoms with E-state index >= 15 is 0 Å². The van der Waals surface area contributed by atoms with Crippen molar-refractivity contribution in [3.8, 4) is 0 Å². The average Bonchev–Trinajstić information content (AvgIpc) is 2.92. The fourth-order valence-corrected chi connectivity index (χ4v) is 2.33. The summed E-state index contributed by atoms with van der Waals surface area (Å²) in [7, 11) is 1.36. The maximum Gasteiger partial charge on any atom is 0.338 e. The summed E-state index contributed by atoms with van der Waals surface area (Å²) in [4.78, 5) is 15.6. The van der Waals surface area contributed by atoms with Gasteiger partial charge in [-0.1, -0.05) is 0 Å². The van der Waals surface area contributed by atoms with Crippen molar-refractivity contribution in [2.24, 2.45) is 0 Å². The van der Waals surface area contributed by atoms with Crippen LogP contribution in [0.15, 0.2) is 35.2 Å². The van der Waals surface area contributed by atoms with Gasteiger partial charge < -0.3 is 10.1 Å². The van der Waals surface area contributed by atoms with Crippen molar-refractivity contribution in [3.63, 3.8) is 0 Å². The molecule has 1 atom stereocenters. The first-order chi connectivity index (χ1) is 8.70. The minimum atomic E-state index is -0.358. The molecule has 0 amide bonds. The van der Waals surface area contributed by atoms with Crippen LogP contribution in [0.5, 0.6) is 0 Å². The van der Waals surface area contributed by atoms with E-state index in [9.17, 15) is 4.79 Å². The molecule has 0 saturated heterocycles. The Labute approximate surface area is 110 Å². The lowest BCUT2D eigenvalue weighted by Gasteiger charge is -2.13. The predicted octanol–water partition coefficient (Wildman–Crippen LogP) is 3.10.